The van der Waals surface area contributed by atoms with E-state index in [9.17, 15) is 4.79 Å². The minimum absolute atomic E-state index is 0.0133. The summed E-state index contributed by atoms with van der Waals surface area (Å²) in [5.41, 5.74) is 0. The van der Waals surface area contributed by atoms with Gasteiger partial charge in [-0.2, -0.15) is 0 Å². The first-order chi connectivity index (χ1) is 7.33. The van der Waals surface area contributed by atoms with Crippen LogP contribution in [0.2, 0.25) is 0 Å². The summed E-state index contributed by atoms with van der Waals surface area (Å²) in [6.45, 7) is 4.21. The lowest BCUT2D eigenvalue weighted by molar-refractivity contribution is -0.149. The van der Waals surface area contributed by atoms with Crippen molar-refractivity contribution < 1.29 is 9.53 Å². The highest BCUT2D eigenvalue weighted by atomic mass is 16.5. The fraction of sp³-hybridized carbons (Fsp3) is 0.917. The maximum Gasteiger partial charge on any atom is 0.310 e. The number of nitrogens with one attached hydrogen (secondary N) is 1. The van der Waals surface area contributed by atoms with E-state index in [-0.39, 0.29) is 11.9 Å². The summed E-state index contributed by atoms with van der Waals surface area (Å²) in [4.78, 5) is 11.8. The Hall–Kier alpha value is -0.570. The monoisotopic (exact) mass is 211 g/mol. The van der Waals surface area contributed by atoms with Crippen molar-refractivity contribution in [3.05, 3.63) is 0 Å². The molecule has 0 amide bonds. The lowest BCUT2D eigenvalue weighted by atomic mass is 9.83. The van der Waals surface area contributed by atoms with Crippen LogP contribution in [-0.2, 0) is 9.53 Å². The molecule has 1 saturated carbocycles. The normalized spacial score (nSPS) is 32.1. The molecule has 2 atom stereocenters. The third kappa shape index (κ3) is 2.33. The molecule has 3 heteroatoms. The van der Waals surface area contributed by atoms with Gasteiger partial charge in [-0.3, -0.25) is 4.79 Å². The van der Waals surface area contributed by atoms with Gasteiger partial charge in [-0.05, 0) is 25.3 Å². The van der Waals surface area contributed by atoms with Crippen molar-refractivity contribution in [3.63, 3.8) is 0 Å². The Morgan fingerprint density at radius 2 is 2.07 bits per heavy atom. The molecule has 1 aliphatic heterocycles. The van der Waals surface area contributed by atoms with Gasteiger partial charge in [0, 0.05) is 6.54 Å². The molecule has 0 aromatic heterocycles. The Kier molecular flexibility index (Phi) is 3.62. The van der Waals surface area contributed by atoms with Crippen molar-refractivity contribution in [3.8, 4) is 0 Å². The quantitative estimate of drug-likeness (QED) is 0.720. The van der Waals surface area contributed by atoms with Crippen molar-refractivity contribution >= 4 is 5.97 Å². The zero-order chi connectivity index (χ0) is 10.7. The predicted octanol–water partition coefficient (Wildman–Crippen LogP) is 1.58. The predicted molar refractivity (Wildman–Crippen MR) is 58.4 cm³/mol. The molecule has 0 unspecified atom stereocenters. The first-order valence-electron chi connectivity index (χ1n) is 6.20. The second-order valence-corrected chi connectivity index (χ2v) is 4.73. The lowest BCUT2D eigenvalue weighted by Crippen LogP contribution is -2.28. The third-order valence-electron chi connectivity index (χ3n) is 3.86. The van der Waals surface area contributed by atoms with E-state index in [1.54, 1.807) is 0 Å². The topological polar surface area (TPSA) is 38.3 Å². The molecule has 1 N–H and O–H groups in total. The Balaban J connectivity index is 1.94. The first-order valence-corrected chi connectivity index (χ1v) is 6.20. The van der Waals surface area contributed by atoms with Crippen LogP contribution in [0.1, 0.15) is 32.6 Å². The van der Waals surface area contributed by atoms with Crippen LogP contribution in [0.3, 0.4) is 0 Å². The van der Waals surface area contributed by atoms with Gasteiger partial charge in [-0.15, -0.1) is 0 Å². The number of carbonyl (C=O) groups excluding carboxylic acids is 1. The minimum Gasteiger partial charge on any atom is -0.466 e. The molecular formula is C12H21NO2. The third-order valence-corrected chi connectivity index (χ3v) is 3.86. The Morgan fingerprint density at radius 1 is 1.33 bits per heavy atom. The van der Waals surface area contributed by atoms with Crippen molar-refractivity contribution in [2.24, 2.45) is 17.8 Å². The van der Waals surface area contributed by atoms with Gasteiger partial charge < -0.3 is 10.1 Å². The van der Waals surface area contributed by atoms with Crippen molar-refractivity contribution in [2.45, 2.75) is 32.6 Å². The van der Waals surface area contributed by atoms with E-state index < -0.39 is 0 Å². The first kappa shape index (κ1) is 10.9. The summed E-state index contributed by atoms with van der Waals surface area (Å²) in [6, 6.07) is 0. The average Bonchev–Trinajstić information content (AvgIpc) is 2.88. The molecule has 86 valence electrons. The van der Waals surface area contributed by atoms with Gasteiger partial charge in [0.25, 0.3) is 0 Å². The lowest BCUT2D eigenvalue weighted by Gasteiger charge is -2.22. The van der Waals surface area contributed by atoms with Crippen LogP contribution < -0.4 is 5.32 Å². The van der Waals surface area contributed by atoms with Crippen LogP contribution in [0.25, 0.3) is 0 Å². The molecule has 0 radical (unpaired) electrons. The van der Waals surface area contributed by atoms with E-state index in [0.717, 1.165) is 19.0 Å². The molecular weight excluding hydrogens is 190 g/mol. The van der Waals surface area contributed by atoms with Gasteiger partial charge in [-0.1, -0.05) is 25.7 Å². The van der Waals surface area contributed by atoms with E-state index >= 15 is 0 Å². The Morgan fingerprint density at radius 3 is 2.73 bits per heavy atom. The van der Waals surface area contributed by atoms with Crippen LogP contribution in [-0.4, -0.2) is 25.7 Å². The number of esters is 1. The zero-order valence-electron chi connectivity index (χ0n) is 9.50. The molecule has 1 aliphatic carbocycles. The fourth-order valence-corrected chi connectivity index (χ4v) is 3.09. The number of carbonyl (C=O) groups is 1. The van der Waals surface area contributed by atoms with Crippen molar-refractivity contribution in [2.75, 3.05) is 19.7 Å². The number of hydrogen-bond donors (Lipinski definition) is 1. The van der Waals surface area contributed by atoms with Crippen LogP contribution in [0, 0.1) is 17.8 Å². The van der Waals surface area contributed by atoms with Gasteiger partial charge in [0.2, 0.25) is 0 Å². The SMILES string of the molecule is CCOC(=O)[C@@H]1CNC[C@H]1C1CCCC1. The van der Waals surface area contributed by atoms with Crippen molar-refractivity contribution in [1.82, 2.24) is 5.32 Å². The zero-order valence-corrected chi connectivity index (χ0v) is 9.50. The summed E-state index contributed by atoms with van der Waals surface area (Å²) >= 11 is 0. The molecule has 0 bridgehead atoms. The van der Waals surface area contributed by atoms with Gasteiger partial charge in [0.15, 0.2) is 0 Å². The molecule has 1 saturated heterocycles. The minimum atomic E-state index is 0.0133. The average molecular weight is 211 g/mol. The molecule has 2 aliphatic rings. The van der Waals surface area contributed by atoms with E-state index in [4.69, 9.17) is 4.74 Å². The van der Waals surface area contributed by atoms with E-state index in [2.05, 4.69) is 5.32 Å². The van der Waals surface area contributed by atoms with Gasteiger partial charge >= 0.3 is 5.97 Å². The smallest absolute Gasteiger partial charge is 0.310 e. The number of hydrogen-bond acceptors (Lipinski definition) is 3. The second-order valence-electron chi connectivity index (χ2n) is 4.73. The van der Waals surface area contributed by atoms with Gasteiger partial charge in [0.05, 0.1) is 12.5 Å². The molecule has 2 fully saturated rings. The molecule has 0 aromatic carbocycles. The van der Waals surface area contributed by atoms with Gasteiger partial charge in [-0.25, -0.2) is 0 Å². The van der Waals surface area contributed by atoms with Crippen molar-refractivity contribution in [1.29, 1.82) is 0 Å². The number of ether oxygens (including phenoxy) is 1. The maximum absolute atomic E-state index is 11.8. The second kappa shape index (κ2) is 4.97. The summed E-state index contributed by atoms with van der Waals surface area (Å²) in [5, 5.41) is 3.34. The summed E-state index contributed by atoms with van der Waals surface area (Å²) in [5.74, 6) is 1.42. The van der Waals surface area contributed by atoms with Crippen LogP contribution in [0.4, 0.5) is 0 Å². The van der Waals surface area contributed by atoms with E-state index in [0.29, 0.717) is 12.5 Å². The standard InChI is InChI=1S/C12H21NO2/c1-2-15-12(14)11-8-13-7-10(11)9-5-3-4-6-9/h9-11,13H,2-8H2,1H3/t10-,11+/m0/s1. The summed E-state index contributed by atoms with van der Waals surface area (Å²) in [6.07, 6.45) is 5.30. The van der Waals surface area contributed by atoms with E-state index in [1.807, 2.05) is 6.92 Å². The van der Waals surface area contributed by atoms with Crippen LogP contribution in [0.5, 0.6) is 0 Å². The molecule has 1 heterocycles. The molecule has 2 rings (SSSR count). The maximum atomic E-state index is 11.8. The highest BCUT2D eigenvalue weighted by molar-refractivity contribution is 5.73. The summed E-state index contributed by atoms with van der Waals surface area (Å²) < 4.78 is 5.14. The number of rotatable bonds is 3. The highest BCUT2D eigenvalue weighted by Crippen LogP contribution is 2.37. The van der Waals surface area contributed by atoms with Crippen LogP contribution in [0.15, 0.2) is 0 Å². The highest BCUT2D eigenvalue weighted by Gasteiger charge is 2.39. The Labute approximate surface area is 91.6 Å². The fourth-order valence-electron chi connectivity index (χ4n) is 3.09. The Bertz CT molecular complexity index is 224. The van der Waals surface area contributed by atoms with Crippen LogP contribution >= 0.6 is 0 Å². The summed E-state index contributed by atoms with van der Waals surface area (Å²) in [7, 11) is 0. The molecule has 3 nitrogen and oxygen atoms in total. The molecule has 0 aromatic rings. The molecule has 15 heavy (non-hydrogen) atoms. The largest absolute Gasteiger partial charge is 0.466 e. The van der Waals surface area contributed by atoms with Gasteiger partial charge in [0.1, 0.15) is 0 Å². The van der Waals surface area contributed by atoms with E-state index in [1.165, 1.54) is 25.7 Å². The molecule has 0 spiro atoms.